The predicted molar refractivity (Wildman–Crippen MR) is 58.5 cm³/mol. The van der Waals surface area contributed by atoms with Crippen molar-refractivity contribution >= 4 is 5.82 Å². The van der Waals surface area contributed by atoms with Crippen LogP contribution < -0.4 is 5.32 Å². The van der Waals surface area contributed by atoms with Gasteiger partial charge in [-0.1, -0.05) is 0 Å². The number of aliphatic hydroxyl groups excluding tert-OH is 1. The van der Waals surface area contributed by atoms with Gasteiger partial charge < -0.3 is 10.4 Å². The third-order valence-electron chi connectivity index (χ3n) is 2.96. The summed E-state index contributed by atoms with van der Waals surface area (Å²) in [6, 6.07) is 3.80. The molecule has 1 aromatic heterocycles. The maximum Gasteiger partial charge on any atom is 0.148 e. The van der Waals surface area contributed by atoms with Crippen molar-refractivity contribution in [3.05, 3.63) is 18.3 Å². The Balaban J connectivity index is 1.74. The van der Waals surface area contributed by atoms with Crippen LogP contribution in [0, 0.1) is 5.92 Å². The predicted octanol–water partition coefficient (Wildman–Crippen LogP) is 1.44. The smallest absolute Gasteiger partial charge is 0.148 e. The van der Waals surface area contributed by atoms with Crippen LogP contribution in [0.5, 0.6) is 0 Å². The Morgan fingerprint density at radius 1 is 1.33 bits per heavy atom. The summed E-state index contributed by atoms with van der Waals surface area (Å²) in [4.78, 5) is 0. The van der Waals surface area contributed by atoms with Gasteiger partial charge in [-0.05, 0) is 43.7 Å². The molecule has 0 bridgehead atoms. The van der Waals surface area contributed by atoms with Crippen LogP contribution in [-0.4, -0.2) is 28.0 Å². The van der Waals surface area contributed by atoms with E-state index in [1.165, 1.54) is 0 Å². The minimum atomic E-state index is -0.0715. The van der Waals surface area contributed by atoms with Crippen molar-refractivity contribution in [2.75, 3.05) is 11.9 Å². The number of aliphatic hydroxyl groups is 1. The van der Waals surface area contributed by atoms with Crippen molar-refractivity contribution in [3.8, 4) is 0 Å². The number of anilines is 1. The lowest BCUT2D eigenvalue weighted by atomic mass is 9.87. The Morgan fingerprint density at radius 3 is 2.80 bits per heavy atom. The van der Waals surface area contributed by atoms with Gasteiger partial charge in [-0.15, -0.1) is 5.10 Å². The number of nitrogens with zero attached hydrogens (tertiary/aromatic N) is 2. The van der Waals surface area contributed by atoms with Crippen molar-refractivity contribution in [1.82, 2.24) is 10.2 Å². The first kappa shape index (κ1) is 10.4. The van der Waals surface area contributed by atoms with Crippen LogP contribution in [0.4, 0.5) is 5.82 Å². The molecule has 1 fully saturated rings. The molecule has 0 radical (unpaired) electrons. The molecule has 82 valence electrons. The summed E-state index contributed by atoms with van der Waals surface area (Å²) in [6.07, 6.45) is 5.68. The van der Waals surface area contributed by atoms with Crippen molar-refractivity contribution in [2.24, 2.45) is 5.92 Å². The highest BCUT2D eigenvalue weighted by Crippen LogP contribution is 2.24. The second kappa shape index (κ2) is 5.07. The van der Waals surface area contributed by atoms with Gasteiger partial charge in [0.2, 0.25) is 0 Å². The van der Waals surface area contributed by atoms with Crippen LogP contribution in [0.1, 0.15) is 25.7 Å². The Labute approximate surface area is 89.7 Å². The third kappa shape index (κ3) is 3.16. The van der Waals surface area contributed by atoms with Crippen molar-refractivity contribution in [3.63, 3.8) is 0 Å². The maximum absolute atomic E-state index is 9.37. The Morgan fingerprint density at radius 2 is 2.13 bits per heavy atom. The fraction of sp³-hybridized carbons (Fsp3) is 0.636. The van der Waals surface area contributed by atoms with E-state index in [9.17, 15) is 5.11 Å². The first-order valence-electron chi connectivity index (χ1n) is 5.54. The molecule has 4 nitrogen and oxygen atoms in total. The quantitative estimate of drug-likeness (QED) is 0.787. The third-order valence-corrected chi connectivity index (χ3v) is 2.96. The summed E-state index contributed by atoms with van der Waals surface area (Å²) >= 11 is 0. The summed E-state index contributed by atoms with van der Waals surface area (Å²) in [5.74, 6) is 1.50. The zero-order chi connectivity index (χ0) is 10.5. The van der Waals surface area contributed by atoms with Gasteiger partial charge in [0.1, 0.15) is 5.82 Å². The van der Waals surface area contributed by atoms with Crippen LogP contribution in [0.25, 0.3) is 0 Å². The van der Waals surface area contributed by atoms with Gasteiger partial charge in [-0.3, -0.25) is 0 Å². The summed E-state index contributed by atoms with van der Waals surface area (Å²) < 4.78 is 0. The molecule has 0 spiro atoms. The fourth-order valence-electron chi connectivity index (χ4n) is 1.99. The van der Waals surface area contributed by atoms with Gasteiger partial charge in [0, 0.05) is 12.7 Å². The molecule has 0 saturated heterocycles. The van der Waals surface area contributed by atoms with Crippen molar-refractivity contribution < 1.29 is 5.11 Å². The van der Waals surface area contributed by atoms with E-state index in [-0.39, 0.29) is 6.10 Å². The zero-order valence-corrected chi connectivity index (χ0v) is 8.76. The largest absolute Gasteiger partial charge is 0.393 e. The van der Waals surface area contributed by atoms with Gasteiger partial charge in [0.25, 0.3) is 0 Å². The molecule has 2 N–H and O–H groups in total. The summed E-state index contributed by atoms with van der Waals surface area (Å²) in [5.41, 5.74) is 0. The van der Waals surface area contributed by atoms with E-state index in [1.807, 2.05) is 12.1 Å². The van der Waals surface area contributed by atoms with Crippen LogP contribution >= 0.6 is 0 Å². The van der Waals surface area contributed by atoms with E-state index < -0.39 is 0 Å². The Hall–Kier alpha value is -1.16. The molecule has 0 aromatic carbocycles. The molecule has 2 rings (SSSR count). The summed E-state index contributed by atoms with van der Waals surface area (Å²) in [5, 5.41) is 20.4. The first-order chi connectivity index (χ1) is 7.34. The molecule has 1 aliphatic carbocycles. The highest BCUT2D eigenvalue weighted by Gasteiger charge is 2.18. The maximum atomic E-state index is 9.37. The van der Waals surface area contributed by atoms with E-state index in [1.54, 1.807) is 6.20 Å². The van der Waals surface area contributed by atoms with E-state index in [0.717, 1.165) is 38.0 Å². The molecular formula is C11H17N3O. The number of hydrogen-bond donors (Lipinski definition) is 2. The minimum absolute atomic E-state index is 0.0715. The van der Waals surface area contributed by atoms with E-state index in [2.05, 4.69) is 15.5 Å². The van der Waals surface area contributed by atoms with Gasteiger partial charge in [-0.25, -0.2) is 0 Å². The van der Waals surface area contributed by atoms with Gasteiger partial charge in [0.05, 0.1) is 6.10 Å². The van der Waals surface area contributed by atoms with Crippen molar-refractivity contribution in [1.29, 1.82) is 0 Å². The molecule has 1 heterocycles. The standard InChI is InChI=1S/C11H17N3O/c15-10-5-3-9(4-6-10)8-12-11-2-1-7-13-14-11/h1-2,7,9-10,15H,3-6,8H2,(H,12,14). The van der Waals surface area contributed by atoms with Crippen LogP contribution in [0.2, 0.25) is 0 Å². The molecule has 0 unspecified atom stereocenters. The van der Waals surface area contributed by atoms with Crippen LogP contribution in [-0.2, 0) is 0 Å². The molecule has 1 saturated carbocycles. The lowest BCUT2D eigenvalue weighted by Crippen LogP contribution is -2.23. The minimum Gasteiger partial charge on any atom is -0.393 e. The molecule has 0 atom stereocenters. The second-order valence-corrected chi connectivity index (χ2v) is 4.16. The Kier molecular flexibility index (Phi) is 3.50. The fourth-order valence-corrected chi connectivity index (χ4v) is 1.99. The molecular weight excluding hydrogens is 190 g/mol. The van der Waals surface area contributed by atoms with E-state index in [0.29, 0.717) is 5.92 Å². The molecule has 1 aromatic rings. The highest BCUT2D eigenvalue weighted by atomic mass is 16.3. The number of hydrogen-bond acceptors (Lipinski definition) is 4. The zero-order valence-electron chi connectivity index (χ0n) is 8.76. The SMILES string of the molecule is OC1CCC(CNc2cccnn2)CC1. The molecule has 1 aliphatic rings. The van der Waals surface area contributed by atoms with Gasteiger partial charge >= 0.3 is 0 Å². The highest BCUT2D eigenvalue weighted by molar-refractivity contribution is 5.31. The number of nitrogens with one attached hydrogen (secondary N) is 1. The summed E-state index contributed by atoms with van der Waals surface area (Å²) in [6.45, 7) is 0.936. The average Bonchev–Trinajstić information content (AvgIpc) is 2.30. The average molecular weight is 207 g/mol. The number of rotatable bonds is 3. The first-order valence-corrected chi connectivity index (χ1v) is 5.54. The second-order valence-electron chi connectivity index (χ2n) is 4.16. The number of aromatic nitrogens is 2. The van der Waals surface area contributed by atoms with Crippen LogP contribution in [0.15, 0.2) is 18.3 Å². The topological polar surface area (TPSA) is 58.0 Å². The molecule has 15 heavy (non-hydrogen) atoms. The van der Waals surface area contributed by atoms with Crippen molar-refractivity contribution in [2.45, 2.75) is 31.8 Å². The lowest BCUT2D eigenvalue weighted by molar-refractivity contribution is 0.111. The molecule has 0 amide bonds. The molecule has 4 heteroatoms. The van der Waals surface area contributed by atoms with Crippen LogP contribution in [0.3, 0.4) is 0 Å². The van der Waals surface area contributed by atoms with E-state index >= 15 is 0 Å². The van der Waals surface area contributed by atoms with Gasteiger partial charge in [-0.2, -0.15) is 5.10 Å². The summed E-state index contributed by atoms with van der Waals surface area (Å²) in [7, 11) is 0. The molecule has 0 aliphatic heterocycles. The normalized spacial score (nSPS) is 26.2. The van der Waals surface area contributed by atoms with Gasteiger partial charge in [0.15, 0.2) is 0 Å². The van der Waals surface area contributed by atoms with E-state index in [4.69, 9.17) is 0 Å². The lowest BCUT2D eigenvalue weighted by Gasteiger charge is -2.25. The Bertz CT molecular complexity index is 283. The monoisotopic (exact) mass is 207 g/mol.